The predicted molar refractivity (Wildman–Crippen MR) is 188 cm³/mol. The zero-order chi connectivity index (χ0) is 30.3. The normalized spacial score (nSPS) is 10.2. The summed E-state index contributed by atoms with van der Waals surface area (Å²) in [6, 6.07) is 62.0. The van der Waals surface area contributed by atoms with Gasteiger partial charge < -0.3 is 0 Å². The summed E-state index contributed by atoms with van der Waals surface area (Å²) in [6.45, 7) is 0. The molecule has 0 nitrogen and oxygen atoms in total. The van der Waals surface area contributed by atoms with Crippen LogP contribution in [0.3, 0.4) is 0 Å². The first-order valence-electron chi connectivity index (χ1n) is 14.9. The van der Waals surface area contributed by atoms with Gasteiger partial charge in [-0.3, -0.25) is 6.08 Å². The minimum absolute atomic E-state index is 0. The van der Waals surface area contributed by atoms with Crippen LogP contribution >= 0.6 is 0 Å². The van der Waals surface area contributed by atoms with Gasteiger partial charge in [-0.15, -0.1) is 132 Å². The molecule has 0 aromatic heterocycles. The van der Waals surface area contributed by atoms with Crippen molar-refractivity contribution in [2.24, 2.45) is 0 Å². The number of allylic oxidation sites excluding steroid dienone is 4. The van der Waals surface area contributed by atoms with Crippen molar-refractivity contribution in [2.75, 3.05) is 0 Å². The third kappa shape index (κ3) is 15.0. The van der Waals surface area contributed by atoms with Gasteiger partial charge in [0.2, 0.25) is 0 Å². The summed E-state index contributed by atoms with van der Waals surface area (Å²) >= 11 is 0. The molecule has 0 spiro atoms. The van der Waals surface area contributed by atoms with Crippen LogP contribution in [0.15, 0.2) is 200 Å². The van der Waals surface area contributed by atoms with E-state index in [9.17, 15) is 0 Å². The third-order valence-electron chi connectivity index (χ3n) is 6.38. The van der Waals surface area contributed by atoms with E-state index >= 15 is 0 Å². The van der Waals surface area contributed by atoms with E-state index in [0.717, 1.165) is 6.42 Å². The Bertz CT molecular complexity index is 1290. The second-order valence-corrected chi connectivity index (χ2v) is 9.90. The average Bonchev–Trinajstić information content (AvgIpc) is 3.69. The van der Waals surface area contributed by atoms with Gasteiger partial charge in [-0.05, 0) is 0 Å². The van der Waals surface area contributed by atoms with Crippen LogP contribution < -0.4 is 0 Å². The molecule has 0 N–H and O–H groups in total. The van der Waals surface area contributed by atoms with Crippen molar-refractivity contribution in [3.63, 3.8) is 0 Å². The molecule has 1 aliphatic carbocycles. The second-order valence-electron chi connectivity index (χ2n) is 9.90. The van der Waals surface area contributed by atoms with E-state index in [1.54, 1.807) is 0 Å². The van der Waals surface area contributed by atoms with Crippen LogP contribution in [0, 0.1) is 25.3 Å². The van der Waals surface area contributed by atoms with E-state index in [-0.39, 0.29) is 26.2 Å². The molecule has 0 atom stereocenters. The zero-order valence-corrected chi connectivity index (χ0v) is 27.9. The first kappa shape index (κ1) is 34.8. The summed E-state index contributed by atoms with van der Waals surface area (Å²) in [4.78, 5) is 0. The van der Waals surface area contributed by atoms with Gasteiger partial charge in [0.25, 0.3) is 0 Å². The molecule has 0 unspecified atom stereocenters. The van der Waals surface area contributed by atoms with E-state index < -0.39 is 0 Å². The van der Waals surface area contributed by atoms with Gasteiger partial charge in [0, 0.05) is 0 Å². The van der Waals surface area contributed by atoms with Crippen LogP contribution in [-0.4, -0.2) is 0 Å². The van der Waals surface area contributed by atoms with E-state index in [0.29, 0.717) is 0 Å². The molecule has 1 heteroatoms. The molecule has 0 fully saturated rings. The Hall–Kier alpha value is -4.71. The standard InChI is InChI=1S/3C13H11.C5H5.Zr/c3*1-3-7-12(8-4-1)11-13-9-5-2-6-10-13;1-2-4-5-3-1;/h3*1-11H;1-3H,4H2;/q4*-1;+4. The summed E-state index contributed by atoms with van der Waals surface area (Å²) in [5, 5.41) is 0. The average molecular weight is 658 g/mol. The fourth-order valence-electron chi connectivity index (χ4n) is 4.21. The Balaban J connectivity index is 0.000000169. The monoisotopic (exact) mass is 656 g/mol. The van der Waals surface area contributed by atoms with Crippen LogP contribution in [0.25, 0.3) is 0 Å². The van der Waals surface area contributed by atoms with Crippen LogP contribution in [0.2, 0.25) is 0 Å². The van der Waals surface area contributed by atoms with Gasteiger partial charge in [0.1, 0.15) is 0 Å². The second kappa shape index (κ2) is 21.9. The number of hydrogen-bond donors (Lipinski definition) is 0. The van der Waals surface area contributed by atoms with E-state index in [1.165, 1.54) is 33.4 Å². The van der Waals surface area contributed by atoms with Crippen molar-refractivity contribution < 1.29 is 26.2 Å². The van der Waals surface area contributed by atoms with Crippen LogP contribution in [0.1, 0.15) is 39.8 Å². The van der Waals surface area contributed by atoms with E-state index in [1.807, 2.05) is 48.6 Å². The van der Waals surface area contributed by atoms with Crippen molar-refractivity contribution in [3.8, 4) is 0 Å². The topological polar surface area (TPSA) is 0 Å². The minimum atomic E-state index is 0. The quantitative estimate of drug-likeness (QED) is 0.156. The maximum atomic E-state index is 2.99. The van der Waals surface area contributed by atoms with Gasteiger partial charge in [-0.1, -0.05) is 109 Å². The number of hydrogen-bond acceptors (Lipinski definition) is 0. The molecule has 0 aliphatic heterocycles. The van der Waals surface area contributed by atoms with Crippen molar-refractivity contribution in [1.29, 1.82) is 0 Å². The molecule has 1 aliphatic rings. The number of rotatable bonds is 6. The Morgan fingerprint density at radius 2 is 0.556 bits per heavy atom. The first-order chi connectivity index (χ1) is 21.8. The largest absolute Gasteiger partial charge is 4.00 e. The summed E-state index contributed by atoms with van der Waals surface area (Å²) < 4.78 is 0. The summed E-state index contributed by atoms with van der Waals surface area (Å²) in [5.74, 6) is 0. The Labute approximate surface area is 290 Å². The third-order valence-corrected chi connectivity index (χ3v) is 6.38. The Kier molecular flexibility index (Phi) is 16.9. The van der Waals surface area contributed by atoms with Gasteiger partial charge in [-0.25, -0.2) is 12.2 Å². The molecular formula is C44H38Zr. The van der Waals surface area contributed by atoms with Gasteiger partial charge in [-0.2, -0.15) is 6.08 Å². The van der Waals surface area contributed by atoms with Crippen molar-refractivity contribution in [2.45, 2.75) is 6.42 Å². The van der Waals surface area contributed by atoms with Crippen molar-refractivity contribution >= 4 is 0 Å². The van der Waals surface area contributed by atoms with Gasteiger partial charge >= 0.3 is 26.2 Å². The fourth-order valence-corrected chi connectivity index (χ4v) is 4.21. The minimum Gasteiger partial charge on any atom is -0.273 e. The molecule has 0 bridgehead atoms. The van der Waals surface area contributed by atoms with Crippen LogP contribution in [-0.2, 0) is 26.2 Å². The molecule has 0 heterocycles. The van der Waals surface area contributed by atoms with E-state index in [4.69, 9.17) is 0 Å². The summed E-state index contributed by atoms with van der Waals surface area (Å²) in [7, 11) is 0. The Morgan fingerprint density at radius 1 is 0.333 bits per heavy atom. The SMILES string of the molecule is [C-]1=CC=CC1.[Zr+4].c1ccc([CH-]c2ccccc2)cc1.c1ccc([CH-]c2ccccc2)cc1.c1ccc([CH-]c2ccccc2)cc1. The first-order valence-corrected chi connectivity index (χ1v) is 14.9. The molecule has 7 rings (SSSR count). The van der Waals surface area contributed by atoms with Crippen LogP contribution in [0.5, 0.6) is 0 Å². The maximum Gasteiger partial charge on any atom is 4.00 e. The molecular weight excluding hydrogens is 620 g/mol. The van der Waals surface area contributed by atoms with Gasteiger partial charge in [0.05, 0.1) is 0 Å². The zero-order valence-electron chi connectivity index (χ0n) is 25.5. The molecule has 0 radical (unpaired) electrons. The molecule has 0 amide bonds. The molecule has 218 valence electrons. The fraction of sp³-hybridized carbons (Fsp3) is 0.0227. The number of benzene rings is 6. The van der Waals surface area contributed by atoms with Crippen molar-refractivity contribution in [3.05, 3.63) is 259 Å². The Morgan fingerprint density at radius 3 is 0.689 bits per heavy atom. The summed E-state index contributed by atoms with van der Waals surface area (Å²) in [5.41, 5.74) is 7.47. The molecule has 6 aromatic carbocycles. The molecule has 6 aromatic rings. The van der Waals surface area contributed by atoms with Crippen LogP contribution in [0.4, 0.5) is 0 Å². The smallest absolute Gasteiger partial charge is 0.273 e. The molecule has 0 saturated carbocycles. The molecule has 45 heavy (non-hydrogen) atoms. The van der Waals surface area contributed by atoms with E-state index in [2.05, 4.69) is 177 Å². The maximum absolute atomic E-state index is 2.99. The van der Waals surface area contributed by atoms with Crippen molar-refractivity contribution in [1.82, 2.24) is 0 Å². The summed E-state index contributed by atoms with van der Waals surface area (Å²) in [6.07, 6.45) is 16.5. The predicted octanol–water partition coefficient (Wildman–Crippen LogP) is 11.2. The van der Waals surface area contributed by atoms with Gasteiger partial charge in [0.15, 0.2) is 0 Å². The molecule has 0 saturated heterocycles.